The summed E-state index contributed by atoms with van der Waals surface area (Å²) in [5.41, 5.74) is 0.0817. The highest BCUT2D eigenvalue weighted by molar-refractivity contribution is 5.96. The molecule has 1 atom stereocenters. The van der Waals surface area contributed by atoms with Crippen molar-refractivity contribution in [2.45, 2.75) is 19.3 Å². The van der Waals surface area contributed by atoms with E-state index < -0.39 is 11.6 Å². The van der Waals surface area contributed by atoms with Crippen molar-refractivity contribution in [2.75, 3.05) is 26.2 Å². The summed E-state index contributed by atoms with van der Waals surface area (Å²) in [6, 6.07) is 2.89. The maximum atomic E-state index is 13.0. The monoisotopic (exact) mass is 283 g/mol. The van der Waals surface area contributed by atoms with Gasteiger partial charge in [-0.15, -0.1) is 0 Å². The number of carbonyl (C=O) groups excluding carboxylic acids is 1. The largest absolute Gasteiger partial charge is 0.396 e. The fourth-order valence-electron chi connectivity index (χ4n) is 2.62. The number of benzene rings is 1. The number of Topliss-reactive ketones (excluding diaryl/α,β-unsaturated/α-hetero) is 1. The average molecular weight is 283 g/mol. The Balaban J connectivity index is 1.88. The zero-order valence-corrected chi connectivity index (χ0v) is 11.3. The minimum absolute atomic E-state index is 0.0817. The number of aliphatic hydroxyl groups excluding tert-OH is 1. The first kappa shape index (κ1) is 15.1. The van der Waals surface area contributed by atoms with E-state index in [1.807, 2.05) is 0 Å². The summed E-state index contributed by atoms with van der Waals surface area (Å²) in [4.78, 5) is 14.1. The minimum Gasteiger partial charge on any atom is -0.396 e. The molecule has 1 aliphatic rings. The van der Waals surface area contributed by atoms with Crippen LogP contribution in [0.1, 0.15) is 29.6 Å². The Bertz CT molecular complexity index is 459. The molecule has 1 aliphatic heterocycles. The van der Waals surface area contributed by atoms with Crippen molar-refractivity contribution in [1.82, 2.24) is 4.90 Å². The minimum atomic E-state index is -0.730. The van der Waals surface area contributed by atoms with Crippen LogP contribution in [0.2, 0.25) is 0 Å². The third kappa shape index (κ3) is 4.08. The van der Waals surface area contributed by atoms with Crippen molar-refractivity contribution in [3.05, 3.63) is 35.4 Å². The Morgan fingerprint density at radius 3 is 2.65 bits per heavy atom. The number of aliphatic hydroxyl groups is 1. The highest BCUT2D eigenvalue weighted by Crippen LogP contribution is 2.17. The molecule has 0 spiro atoms. The van der Waals surface area contributed by atoms with Gasteiger partial charge in [0.2, 0.25) is 0 Å². The summed E-state index contributed by atoms with van der Waals surface area (Å²) in [6.45, 7) is 2.41. The van der Waals surface area contributed by atoms with Gasteiger partial charge in [-0.2, -0.15) is 0 Å². The number of ketones is 1. The number of halogens is 2. The zero-order valence-electron chi connectivity index (χ0n) is 11.3. The lowest BCUT2D eigenvalue weighted by atomic mass is 9.98. The van der Waals surface area contributed by atoms with E-state index in [2.05, 4.69) is 4.90 Å². The Labute approximate surface area is 117 Å². The van der Waals surface area contributed by atoms with E-state index >= 15 is 0 Å². The van der Waals surface area contributed by atoms with Crippen molar-refractivity contribution < 1.29 is 18.7 Å². The van der Waals surface area contributed by atoms with E-state index in [-0.39, 0.29) is 30.3 Å². The molecule has 1 heterocycles. The van der Waals surface area contributed by atoms with E-state index in [4.69, 9.17) is 5.11 Å². The molecular weight excluding hydrogens is 264 g/mol. The molecule has 20 heavy (non-hydrogen) atoms. The average Bonchev–Trinajstić information content (AvgIpc) is 2.44. The van der Waals surface area contributed by atoms with Crippen LogP contribution in [0.3, 0.4) is 0 Å². The third-order valence-electron chi connectivity index (χ3n) is 3.70. The van der Waals surface area contributed by atoms with Crippen LogP contribution >= 0.6 is 0 Å². The molecule has 1 fully saturated rings. The Morgan fingerprint density at radius 1 is 1.30 bits per heavy atom. The molecule has 0 radical (unpaired) electrons. The summed E-state index contributed by atoms with van der Waals surface area (Å²) >= 11 is 0. The quantitative estimate of drug-likeness (QED) is 0.843. The van der Waals surface area contributed by atoms with Crippen molar-refractivity contribution in [2.24, 2.45) is 5.92 Å². The second-order valence-electron chi connectivity index (χ2n) is 5.32. The summed E-state index contributed by atoms with van der Waals surface area (Å²) in [7, 11) is 0. The van der Waals surface area contributed by atoms with Crippen LogP contribution in [-0.4, -0.2) is 42.0 Å². The lowest BCUT2D eigenvalue weighted by molar-refractivity contribution is 0.0916. The summed E-state index contributed by atoms with van der Waals surface area (Å²) < 4.78 is 26.1. The fraction of sp³-hybridized carbons (Fsp3) is 0.533. The van der Waals surface area contributed by atoms with Gasteiger partial charge in [-0.25, -0.2) is 8.78 Å². The highest BCUT2D eigenvalue weighted by Gasteiger charge is 2.20. The van der Waals surface area contributed by atoms with Gasteiger partial charge in [-0.1, -0.05) is 0 Å². The van der Waals surface area contributed by atoms with E-state index in [1.54, 1.807) is 0 Å². The molecule has 3 nitrogen and oxygen atoms in total. The standard InChI is InChI=1S/C15H19F2NO2/c16-13-6-12(7-14(17)8-13)15(20)3-5-18-4-1-2-11(9-18)10-19/h6-8,11,19H,1-5,9-10H2. The number of carbonyl (C=O) groups is 1. The number of piperidine rings is 1. The Morgan fingerprint density at radius 2 is 2.00 bits per heavy atom. The van der Waals surface area contributed by atoms with Gasteiger partial charge in [-0.05, 0) is 37.4 Å². The highest BCUT2D eigenvalue weighted by atomic mass is 19.1. The van der Waals surface area contributed by atoms with Gasteiger partial charge in [0.25, 0.3) is 0 Å². The second-order valence-corrected chi connectivity index (χ2v) is 5.32. The molecule has 110 valence electrons. The molecule has 1 unspecified atom stereocenters. The SMILES string of the molecule is O=C(CCN1CCCC(CO)C1)c1cc(F)cc(F)c1. The van der Waals surface area contributed by atoms with Gasteiger partial charge in [0.1, 0.15) is 11.6 Å². The number of likely N-dealkylation sites (tertiary alicyclic amines) is 1. The predicted octanol–water partition coefficient (Wildman–Crippen LogP) is 2.24. The van der Waals surface area contributed by atoms with Crippen molar-refractivity contribution >= 4 is 5.78 Å². The van der Waals surface area contributed by atoms with Gasteiger partial charge in [0.15, 0.2) is 5.78 Å². The summed E-state index contributed by atoms with van der Waals surface area (Å²) in [5.74, 6) is -1.45. The topological polar surface area (TPSA) is 40.5 Å². The Kier molecular flexibility index (Phi) is 5.20. The van der Waals surface area contributed by atoms with E-state index in [0.717, 1.165) is 44.1 Å². The van der Waals surface area contributed by atoms with Crippen LogP contribution in [0, 0.1) is 17.6 Å². The van der Waals surface area contributed by atoms with Crippen molar-refractivity contribution in [3.8, 4) is 0 Å². The van der Waals surface area contributed by atoms with Gasteiger partial charge in [-0.3, -0.25) is 4.79 Å². The van der Waals surface area contributed by atoms with Crippen LogP contribution in [0.25, 0.3) is 0 Å². The Hall–Kier alpha value is -1.33. The molecule has 1 saturated heterocycles. The van der Waals surface area contributed by atoms with Crippen molar-refractivity contribution in [3.63, 3.8) is 0 Å². The maximum Gasteiger partial charge on any atom is 0.164 e. The molecule has 0 aromatic heterocycles. The normalized spacial score (nSPS) is 20.1. The molecular formula is C15H19F2NO2. The molecule has 0 saturated carbocycles. The van der Waals surface area contributed by atoms with Crippen molar-refractivity contribution in [1.29, 1.82) is 0 Å². The molecule has 0 bridgehead atoms. The summed E-state index contributed by atoms with van der Waals surface area (Å²) in [6.07, 6.45) is 2.26. The van der Waals surface area contributed by atoms with Crippen LogP contribution in [0.15, 0.2) is 18.2 Å². The van der Waals surface area contributed by atoms with Gasteiger partial charge >= 0.3 is 0 Å². The number of rotatable bonds is 5. The van der Waals surface area contributed by atoms with Crippen LogP contribution in [-0.2, 0) is 0 Å². The number of nitrogens with zero attached hydrogens (tertiary/aromatic N) is 1. The lowest BCUT2D eigenvalue weighted by Gasteiger charge is -2.31. The molecule has 1 aromatic carbocycles. The molecule has 1 aromatic rings. The first-order valence-electron chi connectivity index (χ1n) is 6.91. The lowest BCUT2D eigenvalue weighted by Crippen LogP contribution is -2.37. The van der Waals surface area contributed by atoms with Crippen LogP contribution in [0.4, 0.5) is 8.78 Å². The van der Waals surface area contributed by atoms with Gasteiger partial charge in [0.05, 0.1) is 0 Å². The van der Waals surface area contributed by atoms with E-state index in [1.165, 1.54) is 0 Å². The van der Waals surface area contributed by atoms with Gasteiger partial charge in [0, 0.05) is 37.7 Å². The van der Waals surface area contributed by atoms with E-state index in [0.29, 0.717) is 6.54 Å². The first-order valence-corrected chi connectivity index (χ1v) is 6.91. The first-order chi connectivity index (χ1) is 9.58. The fourth-order valence-corrected chi connectivity index (χ4v) is 2.62. The zero-order chi connectivity index (χ0) is 14.5. The maximum absolute atomic E-state index is 13.0. The molecule has 1 N–H and O–H groups in total. The second kappa shape index (κ2) is 6.90. The molecule has 0 amide bonds. The third-order valence-corrected chi connectivity index (χ3v) is 3.70. The van der Waals surface area contributed by atoms with Crippen LogP contribution in [0.5, 0.6) is 0 Å². The molecule has 5 heteroatoms. The molecule has 0 aliphatic carbocycles. The number of hydrogen-bond donors (Lipinski definition) is 1. The van der Waals surface area contributed by atoms with Gasteiger partial charge < -0.3 is 10.0 Å². The predicted molar refractivity (Wildman–Crippen MR) is 71.6 cm³/mol. The number of hydrogen-bond acceptors (Lipinski definition) is 3. The van der Waals surface area contributed by atoms with E-state index in [9.17, 15) is 13.6 Å². The molecule has 2 rings (SSSR count). The van der Waals surface area contributed by atoms with Crippen LogP contribution < -0.4 is 0 Å². The smallest absolute Gasteiger partial charge is 0.164 e. The summed E-state index contributed by atoms with van der Waals surface area (Å²) in [5, 5.41) is 9.15.